The Morgan fingerprint density at radius 2 is 1.64 bits per heavy atom. The number of benzene rings is 1. The second-order valence-electron chi connectivity index (χ2n) is 16.8. The Labute approximate surface area is 269 Å². The zero-order valence-corrected chi connectivity index (χ0v) is 28.1. The number of allylic oxidation sites excluding steroid dienone is 2. The maximum Gasteiger partial charge on any atom is 0.331 e. The number of ether oxygens (including phenoxy) is 1. The molecule has 0 unspecified atom stereocenters. The summed E-state index contributed by atoms with van der Waals surface area (Å²) in [7, 11) is 0. The number of carboxylic acid groups (broad SMARTS) is 1. The lowest BCUT2D eigenvalue weighted by Gasteiger charge is -2.71. The van der Waals surface area contributed by atoms with Gasteiger partial charge in [-0.1, -0.05) is 65.3 Å². The Hall–Kier alpha value is -2.60. The fourth-order valence-corrected chi connectivity index (χ4v) is 12.1. The lowest BCUT2D eigenvalue weighted by atomic mass is 9.33. The van der Waals surface area contributed by atoms with Gasteiger partial charge < -0.3 is 20.1 Å². The van der Waals surface area contributed by atoms with Crippen LogP contribution < -0.4 is 0 Å². The van der Waals surface area contributed by atoms with Crippen molar-refractivity contribution in [2.24, 2.45) is 56.7 Å². The molecule has 6 heteroatoms. The van der Waals surface area contributed by atoms with E-state index in [1.165, 1.54) is 11.6 Å². The van der Waals surface area contributed by atoms with Gasteiger partial charge in [-0.15, -0.1) is 0 Å². The van der Waals surface area contributed by atoms with E-state index in [4.69, 9.17) is 4.74 Å². The number of aliphatic hydroxyl groups excluding tert-OH is 1. The molecular formula is C39H54O6. The smallest absolute Gasteiger partial charge is 0.331 e. The number of aliphatic carboxylic acids is 1. The van der Waals surface area contributed by atoms with E-state index in [1.807, 2.05) is 0 Å². The highest BCUT2D eigenvalue weighted by atomic mass is 16.5. The molecule has 0 aliphatic heterocycles. The summed E-state index contributed by atoms with van der Waals surface area (Å²) >= 11 is 0. The number of carbonyl (C=O) groups is 2. The van der Waals surface area contributed by atoms with Crippen LogP contribution in [0.15, 0.2) is 42.0 Å². The fraction of sp³-hybridized carbons (Fsp3) is 0.692. The Kier molecular flexibility index (Phi) is 7.90. The molecule has 4 fully saturated rings. The van der Waals surface area contributed by atoms with Gasteiger partial charge in [0.1, 0.15) is 11.9 Å². The molecule has 5 aliphatic carbocycles. The molecular weight excluding hydrogens is 564 g/mol. The molecule has 6 nitrogen and oxygen atoms in total. The average molecular weight is 619 g/mol. The molecule has 10 atom stereocenters. The predicted molar refractivity (Wildman–Crippen MR) is 175 cm³/mol. The average Bonchev–Trinajstić information content (AvgIpc) is 2.98. The predicted octanol–water partition coefficient (Wildman–Crippen LogP) is 8.03. The Morgan fingerprint density at radius 3 is 2.31 bits per heavy atom. The third-order valence-corrected chi connectivity index (χ3v) is 14.9. The van der Waals surface area contributed by atoms with Gasteiger partial charge in [0.15, 0.2) is 0 Å². The second-order valence-corrected chi connectivity index (χ2v) is 16.8. The topological polar surface area (TPSA) is 104 Å². The monoisotopic (exact) mass is 618 g/mol. The lowest BCUT2D eigenvalue weighted by Crippen LogP contribution is -2.65. The van der Waals surface area contributed by atoms with Crippen LogP contribution in [0.4, 0.5) is 0 Å². The van der Waals surface area contributed by atoms with Gasteiger partial charge in [-0.3, -0.25) is 4.79 Å². The maximum atomic E-state index is 13.0. The third-order valence-electron chi connectivity index (χ3n) is 14.9. The first-order valence-corrected chi connectivity index (χ1v) is 17.4. The van der Waals surface area contributed by atoms with Crippen molar-refractivity contribution in [2.45, 2.75) is 105 Å². The van der Waals surface area contributed by atoms with Gasteiger partial charge >= 0.3 is 11.9 Å². The summed E-state index contributed by atoms with van der Waals surface area (Å²) in [5.74, 6) is 0.369. The number of esters is 1. The molecule has 6 rings (SSSR count). The molecule has 0 amide bonds. The molecule has 1 aromatic carbocycles. The normalized spacial score (nSPS) is 43.7. The van der Waals surface area contributed by atoms with Gasteiger partial charge in [-0.2, -0.15) is 0 Å². The minimum atomic E-state index is -0.721. The van der Waals surface area contributed by atoms with E-state index in [1.54, 1.807) is 30.3 Å². The van der Waals surface area contributed by atoms with Crippen LogP contribution in [0.2, 0.25) is 0 Å². The van der Waals surface area contributed by atoms with Gasteiger partial charge in [-0.05, 0) is 127 Å². The van der Waals surface area contributed by atoms with Gasteiger partial charge in [0.25, 0.3) is 0 Å². The minimum absolute atomic E-state index is 0.0239. The number of phenols is 1. The van der Waals surface area contributed by atoms with E-state index < -0.39 is 11.4 Å². The van der Waals surface area contributed by atoms with Gasteiger partial charge in [0, 0.05) is 18.1 Å². The Morgan fingerprint density at radius 1 is 0.933 bits per heavy atom. The van der Waals surface area contributed by atoms with Crippen molar-refractivity contribution in [3.63, 3.8) is 0 Å². The van der Waals surface area contributed by atoms with Crippen molar-refractivity contribution in [1.29, 1.82) is 0 Å². The van der Waals surface area contributed by atoms with Crippen molar-refractivity contribution in [3.05, 3.63) is 47.6 Å². The molecule has 0 heterocycles. The highest BCUT2D eigenvalue weighted by Gasteiger charge is 2.69. The SMILES string of the molecule is C[C@H]1[C@H](CO)CC[C@]2(C(=O)O)CC[C@]3(C)C(=CC[C@@H]4[C@@]5(C)CC[C@H](OC(=O)C=Cc6ccc(O)cc6)C(C)(C)[C@@H]5CC[C@]43C)[C@H]12. The third kappa shape index (κ3) is 4.66. The van der Waals surface area contributed by atoms with Crippen molar-refractivity contribution in [1.82, 2.24) is 0 Å². The number of aromatic hydroxyl groups is 1. The number of hydrogen-bond acceptors (Lipinski definition) is 5. The standard InChI is InChI=1S/C39H54O6/c1-24-26(23-40)15-20-39(34(43)44)22-21-37(5)28(33(24)39)12-13-30-36(4)18-17-31(35(2,3)29(36)16-19-38(30,37)6)45-32(42)14-9-25-7-10-27(41)11-8-25/h7-12,14,24,26,29-31,33,40-41H,13,15-23H2,1-6H3,(H,43,44)/t24-,26-,29-,30+,31-,33-,36-,37+,38+,39-/m0/s1. The van der Waals surface area contributed by atoms with E-state index in [0.29, 0.717) is 24.7 Å². The van der Waals surface area contributed by atoms with Crippen LogP contribution in [0.25, 0.3) is 6.08 Å². The Bertz CT molecular complexity index is 1390. The second kappa shape index (κ2) is 11.0. The first kappa shape index (κ1) is 32.3. The molecule has 3 N–H and O–H groups in total. The zero-order chi connectivity index (χ0) is 32.6. The van der Waals surface area contributed by atoms with Crippen molar-refractivity contribution >= 4 is 18.0 Å². The molecule has 1 aromatic rings. The highest BCUT2D eigenvalue weighted by molar-refractivity contribution is 5.87. The van der Waals surface area contributed by atoms with Crippen LogP contribution in [0.5, 0.6) is 5.75 Å². The molecule has 45 heavy (non-hydrogen) atoms. The van der Waals surface area contributed by atoms with Crippen molar-refractivity contribution in [3.8, 4) is 5.75 Å². The summed E-state index contributed by atoms with van der Waals surface area (Å²) in [6.07, 6.45) is 13.6. The summed E-state index contributed by atoms with van der Waals surface area (Å²) in [6, 6.07) is 6.75. The maximum absolute atomic E-state index is 13.0. The van der Waals surface area contributed by atoms with Crippen LogP contribution in [0.1, 0.15) is 105 Å². The molecule has 4 saturated carbocycles. The van der Waals surface area contributed by atoms with Crippen LogP contribution in [-0.4, -0.2) is 40.0 Å². The van der Waals surface area contributed by atoms with Gasteiger partial charge in [-0.25, -0.2) is 4.79 Å². The molecule has 0 radical (unpaired) electrons. The zero-order valence-electron chi connectivity index (χ0n) is 28.1. The largest absolute Gasteiger partial charge is 0.508 e. The number of rotatable bonds is 5. The van der Waals surface area contributed by atoms with Gasteiger partial charge in [0.2, 0.25) is 0 Å². The number of carbonyl (C=O) groups excluding carboxylic acids is 1. The molecule has 0 saturated heterocycles. The minimum Gasteiger partial charge on any atom is -0.508 e. The summed E-state index contributed by atoms with van der Waals surface area (Å²) in [5.41, 5.74) is 1.36. The number of phenolic OH excluding ortho intramolecular Hbond substituents is 1. The molecule has 5 aliphatic rings. The van der Waals surface area contributed by atoms with E-state index in [2.05, 4.69) is 47.6 Å². The first-order chi connectivity index (χ1) is 21.1. The number of fused-ring (bicyclic) bond motifs is 7. The van der Waals surface area contributed by atoms with Crippen LogP contribution in [-0.2, 0) is 14.3 Å². The van der Waals surface area contributed by atoms with E-state index in [9.17, 15) is 24.9 Å². The van der Waals surface area contributed by atoms with E-state index in [-0.39, 0.29) is 63.8 Å². The van der Waals surface area contributed by atoms with E-state index in [0.717, 1.165) is 50.5 Å². The van der Waals surface area contributed by atoms with Crippen LogP contribution >= 0.6 is 0 Å². The Balaban J connectivity index is 1.27. The van der Waals surface area contributed by atoms with Crippen LogP contribution in [0.3, 0.4) is 0 Å². The first-order valence-electron chi connectivity index (χ1n) is 17.4. The fourth-order valence-electron chi connectivity index (χ4n) is 12.1. The van der Waals surface area contributed by atoms with Crippen molar-refractivity contribution in [2.75, 3.05) is 6.61 Å². The molecule has 0 bridgehead atoms. The van der Waals surface area contributed by atoms with Gasteiger partial charge in [0.05, 0.1) is 5.41 Å². The summed E-state index contributed by atoms with van der Waals surface area (Å²) in [5, 5.41) is 30.5. The number of aliphatic hydroxyl groups is 1. The van der Waals surface area contributed by atoms with Crippen molar-refractivity contribution < 1.29 is 29.6 Å². The lowest BCUT2D eigenvalue weighted by molar-refractivity contribution is -0.213. The molecule has 246 valence electrons. The quantitative estimate of drug-likeness (QED) is 0.175. The number of carboxylic acids is 1. The molecule has 0 aromatic heterocycles. The van der Waals surface area contributed by atoms with Crippen LogP contribution in [0, 0.1) is 56.7 Å². The number of hydrogen-bond donors (Lipinski definition) is 3. The summed E-state index contributed by atoms with van der Waals surface area (Å²) in [4.78, 5) is 26.0. The molecule has 0 spiro atoms. The highest BCUT2D eigenvalue weighted by Crippen LogP contribution is 2.75. The summed E-state index contributed by atoms with van der Waals surface area (Å²) in [6.45, 7) is 14.4. The van der Waals surface area contributed by atoms with E-state index >= 15 is 0 Å². The summed E-state index contributed by atoms with van der Waals surface area (Å²) < 4.78 is 6.18.